The van der Waals surface area contributed by atoms with Gasteiger partial charge in [-0.25, -0.2) is 0 Å². The van der Waals surface area contributed by atoms with Crippen LogP contribution in [0.2, 0.25) is 5.02 Å². The minimum absolute atomic E-state index is 0.107. The van der Waals surface area contributed by atoms with Crippen LogP contribution in [0.3, 0.4) is 0 Å². The Morgan fingerprint density at radius 1 is 0.957 bits per heavy atom. The predicted molar refractivity (Wildman–Crippen MR) is 92.4 cm³/mol. The van der Waals surface area contributed by atoms with Crippen molar-refractivity contribution in [2.24, 2.45) is 0 Å². The van der Waals surface area contributed by atoms with Crippen LogP contribution >= 0.6 is 11.6 Å². The topological polar surface area (TPSA) is 56.6 Å². The van der Waals surface area contributed by atoms with Crippen molar-refractivity contribution in [2.75, 3.05) is 0 Å². The summed E-state index contributed by atoms with van der Waals surface area (Å²) in [5, 5.41) is 10.00. The van der Waals surface area contributed by atoms with Gasteiger partial charge in [0.15, 0.2) is 0 Å². The van der Waals surface area contributed by atoms with E-state index >= 15 is 0 Å². The number of nitrogens with zero attached hydrogens (tertiary/aromatic N) is 1. The highest BCUT2D eigenvalue weighted by Gasteiger charge is 2.15. The maximum Gasteiger partial charge on any atom is 0.266 e. The van der Waals surface area contributed by atoms with E-state index in [-0.39, 0.29) is 11.1 Å². The van der Waals surface area contributed by atoms with Gasteiger partial charge in [-0.3, -0.25) is 4.79 Å². The number of aryl methyl sites for hydroxylation is 1. The van der Waals surface area contributed by atoms with Crippen molar-refractivity contribution >= 4 is 11.6 Å². The highest BCUT2D eigenvalue weighted by molar-refractivity contribution is 6.33. The Labute approximate surface area is 138 Å². The first-order valence-electron chi connectivity index (χ1n) is 7.10. The maximum absolute atomic E-state index is 12.1. The quantitative estimate of drug-likeness (QED) is 0.753. The Balaban J connectivity index is 2.35. The third-order valence-corrected chi connectivity index (χ3v) is 3.99. The zero-order chi connectivity index (χ0) is 16.4. The number of hydrogen-bond donors (Lipinski definition) is 1. The summed E-state index contributed by atoms with van der Waals surface area (Å²) in [6, 6.07) is 19.0. The molecule has 0 radical (unpaired) electrons. The van der Waals surface area contributed by atoms with Crippen LogP contribution in [0, 0.1) is 18.3 Å². The lowest BCUT2D eigenvalue weighted by atomic mass is 9.92. The number of aromatic amines is 1. The first-order chi connectivity index (χ1) is 11.1. The van der Waals surface area contributed by atoms with Gasteiger partial charge in [0.05, 0.1) is 0 Å². The molecule has 0 aliphatic carbocycles. The maximum atomic E-state index is 12.1. The average molecular weight is 321 g/mol. The molecule has 0 spiro atoms. The molecule has 2 aromatic carbocycles. The standard InChI is InChI=1S/C19H13ClN2O/c1-12-10-16(17(11-21)19(23)22-12)14-7-3-2-6-13(14)15-8-4-5-9-18(15)20/h2-10H,1H3,(H,22,23). The molecule has 0 saturated heterocycles. The summed E-state index contributed by atoms with van der Waals surface area (Å²) in [7, 11) is 0. The van der Waals surface area contributed by atoms with Gasteiger partial charge in [-0.15, -0.1) is 0 Å². The molecule has 0 fully saturated rings. The van der Waals surface area contributed by atoms with Crippen LogP contribution in [0.5, 0.6) is 0 Å². The van der Waals surface area contributed by atoms with Gasteiger partial charge in [0, 0.05) is 21.8 Å². The molecule has 1 N–H and O–H groups in total. The fourth-order valence-electron chi connectivity index (χ4n) is 2.64. The number of halogens is 1. The second kappa shape index (κ2) is 6.12. The summed E-state index contributed by atoms with van der Waals surface area (Å²) in [5.74, 6) is 0. The number of hydrogen-bond acceptors (Lipinski definition) is 2. The summed E-state index contributed by atoms with van der Waals surface area (Å²) >= 11 is 6.32. The molecule has 0 bridgehead atoms. The third kappa shape index (κ3) is 2.77. The third-order valence-electron chi connectivity index (χ3n) is 3.66. The molecule has 0 aliphatic rings. The summed E-state index contributed by atoms with van der Waals surface area (Å²) in [6.07, 6.45) is 0. The lowest BCUT2D eigenvalue weighted by Crippen LogP contribution is -2.12. The summed E-state index contributed by atoms with van der Waals surface area (Å²) in [5.41, 5.74) is 3.62. The molecule has 3 nitrogen and oxygen atoms in total. The Kier molecular flexibility index (Phi) is 4.01. The highest BCUT2D eigenvalue weighted by Crippen LogP contribution is 2.36. The van der Waals surface area contributed by atoms with Crippen molar-refractivity contribution in [3.8, 4) is 28.3 Å². The normalized spacial score (nSPS) is 10.3. The Morgan fingerprint density at radius 3 is 2.13 bits per heavy atom. The smallest absolute Gasteiger partial charge is 0.266 e. The lowest BCUT2D eigenvalue weighted by Gasteiger charge is -2.13. The second-order valence-electron chi connectivity index (χ2n) is 5.21. The van der Waals surface area contributed by atoms with E-state index in [9.17, 15) is 10.1 Å². The Bertz CT molecular complexity index is 983. The summed E-state index contributed by atoms with van der Waals surface area (Å²) in [4.78, 5) is 14.7. The molecule has 1 heterocycles. The molecule has 112 valence electrons. The highest BCUT2D eigenvalue weighted by atomic mass is 35.5. The van der Waals surface area contributed by atoms with E-state index in [1.54, 1.807) is 6.92 Å². The molecular formula is C19H13ClN2O. The number of pyridine rings is 1. The van der Waals surface area contributed by atoms with E-state index in [0.717, 1.165) is 16.7 Å². The van der Waals surface area contributed by atoms with Crippen LogP contribution in [0.15, 0.2) is 59.4 Å². The molecule has 0 saturated carbocycles. The minimum atomic E-state index is -0.378. The molecule has 23 heavy (non-hydrogen) atoms. The van der Waals surface area contributed by atoms with Crippen LogP contribution in [-0.2, 0) is 0 Å². The minimum Gasteiger partial charge on any atom is -0.325 e. The van der Waals surface area contributed by atoms with Crippen molar-refractivity contribution in [1.82, 2.24) is 4.98 Å². The van der Waals surface area contributed by atoms with Gasteiger partial charge in [0.25, 0.3) is 5.56 Å². The molecular weight excluding hydrogens is 308 g/mol. The average Bonchev–Trinajstić information content (AvgIpc) is 2.55. The molecule has 0 amide bonds. The first-order valence-corrected chi connectivity index (χ1v) is 7.48. The SMILES string of the molecule is Cc1cc(-c2ccccc2-c2ccccc2Cl)c(C#N)c(=O)[nH]1. The van der Waals surface area contributed by atoms with E-state index in [4.69, 9.17) is 11.6 Å². The van der Waals surface area contributed by atoms with E-state index in [2.05, 4.69) is 4.98 Å². The number of nitriles is 1. The van der Waals surface area contributed by atoms with Crippen molar-refractivity contribution in [3.05, 3.63) is 81.2 Å². The summed E-state index contributed by atoms with van der Waals surface area (Å²) in [6.45, 7) is 1.80. The van der Waals surface area contributed by atoms with Crippen LogP contribution in [0.1, 0.15) is 11.3 Å². The Hall–Kier alpha value is -2.83. The van der Waals surface area contributed by atoms with Crippen molar-refractivity contribution in [1.29, 1.82) is 5.26 Å². The fraction of sp³-hybridized carbons (Fsp3) is 0.0526. The van der Waals surface area contributed by atoms with Crippen molar-refractivity contribution in [3.63, 3.8) is 0 Å². The molecule has 0 atom stereocenters. The molecule has 0 aliphatic heterocycles. The number of nitrogens with one attached hydrogen (secondary N) is 1. The molecule has 4 heteroatoms. The number of H-pyrrole nitrogens is 1. The number of benzene rings is 2. The van der Waals surface area contributed by atoms with Crippen LogP contribution < -0.4 is 5.56 Å². The second-order valence-corrected chi connectivity index (χ2v) is 5.61. The van der Waals surface area contributed by atoms with Crippen LogP contribution in [-0.4, -0.2) is 4.98 Å². The van der Waals surface area contributed by atoms with Gasteiger partial charge in [0.1, 0.15) is 11.6 Å². The van der Waals surface area contributed by atoms with Gasteiger partial charge < -0.3 is 4.98 Å². The first kappa shape index (κ1) is 15.1. The number of aromatic nitrogens is 1. The van der Waals surface area contributed by atoms with Crippen molar-refractivity contribution < 1.29 is 0 Å². The largest absolute Gasteiger partial charge is 0.325 e. The van der Waals surface area contributed by atoms with Gasteiger partial charge in [-0.05, 0) is 30.2 Å². The Morgan fingerprint density at radius 2 is 1.52 bits per heavy atom. The van der Waals surface area contributed by atoms with Crippen LogP contribution in [0.4, 0.5) is 0 Å². The van der Waals surface area contributed by atoms with Gasteiger partial charge in [-0.1, -0.05) is 54.1 Å². The number of rotatable bonds is 2. The van der Waals surface area contributed by atoms with Crippen LogP contribution in [0.25, 0.3) is 22.3 Å². The summed E-state index contributed by atoms with van der Waals surface area (Å²) < 4.78 is 0. The predicted octanol–water partition coefficient (Wildman–Crippen LogP) is 4.54. The lowest BCUT2D eigenvalue weighted by molar-refractivity contribution is 1.13. The van der Waals surface area contributed by atoms with E-state index in [1.807, 2.05) is 60.7 Å². The van der Waals surface area contributed by atoms with E-state index < -0.39 is 0 Å². The van der Waals surface area contributed by atoms with Gasteiger partial charge >= 0.3 is 0 Å². The van der Waals surface area contributed by atoms with Gasteiger partial charge in [-0.2, -0.15) is 5.26 Å². The van der Waals surface area contributed by atoms with Crippen molar-refractivity contribution in [2.45, 2.75) is 6.92 Å². The molecule has 3 rings (SSSR count). The zero-order valence-electron chi connectivity index (χ0n) is 12.4. The van der Waals surface area contributed by atoms with Gasteiger partial charge in [0.2, 0.25) is 0 Å². The zero-order valence-corrected chi connectivity index (χ0v) is 13.2. The monoisotopic (exact) mass is 320 g/mol. The van der Waals surface area contributed by atoms with E-state index in [1.165, 1.54) is 0 Å². The molecule has 0 unspecified atom stereocenters. The van der Waals surface area contributed by atoms with E-state index in [0.29, 0.717) is 16.3 Å². The fourth-order valence-corrected chi connectivity index (χ4v) is 2.88. The molecule has 1 aromatic heterocycles. The molecule has 3 aromatic rings.